The van der Waals surface area contributed by atoms with Gasteiger partial charge in [0.25, 0.3) is 5.91 Å². The van der Waals surface area contributed by atoms with Crippen molar-refractivity contribution < 1.29 is 22.7 Å². The van der Waals surface area contributed by atoms with Gasteiger partial charge < -0.3 is 36.7 Å². The van der Waals surface area contributed by atoms with E-state index in [4.69, 9.17) is 21.9 Å². The number of hydrogen-bond acceptors (Lipinski definition) is 10. The van der Waals surface area contributed by atoms with Gasteiger partial charge in [-0.2, -0.15) is 0 Å². The first-order valence-electron chi connectivity index (χ1n) is 16.2. The van der Waals surface area contributed by atoms with Gasteiger partial charge in [-0.05, 0) is 49.1 Å². The smallest absolute Gasteiger partial charge is 0.259 e. The number of piperidine rings is 1. The van der Waals surface area contributed by atoms with Crippen molar-refractivity contribution in [2.24, 2.45) is 11.5 Å². The number of imidazole rings is 1. The molecule has 3 aromatic heterocycles. The van der Waals surface area contributed by atoms with Crippen LogP contribution < -0.4 is 32.2 Å². The number of halogens is 3. The third-order valence-corrected chi connectivity index (χ3v) is 8.55. The fourth-order valence-corrected chi connectivity index (χ4v) is 6.13. The monoisotopic (exact) mass is 668 g/mol. The molecule has 258 valence electrons. The van der Waals surface area contributed by atoms with E-state index in [0.29, 0.717) is 53.9 Å². The number of benzene rings is 1. The van der Waals surface area contributed by atoms with Gasteiger partial charge in [0.2, 0.25) is 6.43 Å². The first kappa shape index (κ1) is 34.8. The highest BCUT2D eigenvalue weighted by Gasteiger charge is 2.35. The highest BCUT2D eigenvalue weighted by molar-refractivity contribution is 5.81. The molecule has 0 saturated carbocycles. The molecule has 1 saturated heterocycles. The third kappa shape index (κ3) is 8.69. The van der Waals surface area contributed by atoms with Crippen molar-refractivity contribution >= 4 is 28.6 Å². The van der Waals surface area contributed by atoms with Gasteiger partial charge in [-0.25, -0.2) is 28.1 Å². The zero-order chi connectivity index (χ0) is 34.3. The molecule has 0 unspecified atom stereocenters. The van der Waals surface area contributed by atoms with E-state index in [0.717, 1.165) is 31.2 Å². The molecule has 48 heavy (non-hydrogen) atoms. The maximum atomic E-state index is 14.8. The summed E-state index contributed by atoms with van der Waals surface area (Å²) in [4.78, 5) is 31.8. The number of nitrogens with two attached hydrogens (primary N) is 3. The van der Waals surface area contributed by atoms with Gasteiger partial charge in [0.05, 0.1) is 36.6 Å². The zero-order valence-corrected chi connectivity index (χ0v) is 27.0. The number of nitrogens with zero attached hydrogens (tertiary/aromatic N) is 6. The number of carbonyl (C=O) groups is 1. The van der Waals surface area contributed by atoms with E-state index in [1.165, 1.54) is 18.5 Å². The summed E-state index contributed by atoms with van der Waals surface area (Å²) < 4.78 is 49.0. The molecule has 4 heterocycles. The quantitative estimate of drug-likeness (QED) is 0.105. The molecule has 1 amide bonds. The average Bonchev–Trinajstić information content (AvgIpc) is 3.46. The third-order valence-electron chi connectivity index (χ3n) is 8.55. The molecule has 4 aromatic rings. The minimum absolute atomic E-state index is 0.115. The first-order valence-corrected chi connectivity index (χ1v) is 16.2. The summed E-state index contributed by atoms with van der Waals surface area (Å²) >= 11 is 0. The number of anilines is 2. The van der Waals surface area contributed by atoms with Gasteiger partial charge in [-0.15, -0.1) is 0 Å². The molecule has 5 rings (SSSR count). The Balaban J connectivity index is 1.39. The first-order chi connectivity index (χ1) is 23.0. The van der Waals surface area contributed by atoms with Crippen molar-refractivity contribution in [1.82, 2.24) is 29.8 Å². The molecule has 0 spiro atoms. The van der Waals surface area contributed by atoms with Crippen LogP contribution in [-0.2, 0) is 11.3 Å². The lowest BCUT2D eigenvalue weighted by Crippen LogP contribution is -2.55. The van der Waals surface area contributed by atoms with E-state index in [9.17, 15) is 18.0 Å². The number of carbonyl (C=O) groups excluding carboxylic acids is 1. The second kappa shape index (κ2) is 15.6. The van der Waals surface area contributed by atoms with Gasteiger partial charge in [0, 0.05) is 30.6 Å². The topological polar surface area (TPSA) is 176 Å². The number of nitrogens with one attached hydrogen (secondary N) is 1. The fraction of sp³-hybridized carbons (Fsp3) is 0.485. The SMILES string of the molecule is CCCCCC[C@@H](N)NC(=O)COc1cc(-c2cc(Cn3cnc4c(N)ncnc43)c(N3CCC[C@](N)(CC(F)F)C3)cn2)ccc1F. The standard InChI is InChI=1S/C33H43F3N10O2/c1-2-3-4-5-7-28(37)44-29(47)17-48-26-13-21(8-9-23(26)34)24-12-22(16-46-20-43-30-31(38)41-19-42-32(30)46)25(15-40-24)45-11-6-10-33(39,18-45)14-27(35)36/h8-9,12-13,15,19-20,27-28H,2-7,10-11,14,16-18,37,39H2,1H3,(H,44,47)(H2,38,41,42)/t28-,33-/m0/s1. The van der Waals surface area contributed by atoms with Crippen LogP contribution in [-0.4, -0.2) is 68.2 Å². The summed E-state index contributed by atoms with van der Waals surface area (Å²) in [5, 5.41) is 2.69. The number of unbranched alkanes of at least 4 members (excludes halogenated alkanes) is 3. The van der Waals surface area contributed by atoms with Gasteiger partial charge >= 0.3 is 0 Å². The molecule has 0 radical (unpaired) electrons. The number of fused-ring (bicyclic) bond motifs is 1. The zero-order valence-electron chi connectivity index (χ0n) is 27.0. The molecule has 1 aromatic carbocycles. The van der Waals surface area contributed by atoms with Gasteiger partial charge in [0.1, 0.15) is 11.8 Å². The molecule has 12 nitrogen and oxygen atoms in total. The summed E-state index contributed by atoms with van der Waals surface area (Å²) in [6.45, 7) is 2.82. The van der Waals surface area contributed by atoms with Gasteiger partial charge in [-0.1, -0.05) is 32.6 Å². The van der Waals surface area contributed by atoms with Crippen LogP contribution in [0.4, 0.5) is 24.7 Å². The predicted octanol–water partition coefficient (Wildman–Crippen LogP) is 4.36. The molecular weight excluding hydrogens is 625 g/mol. The lowest BCUT2D eigenvalue weighted by atomic mass is 9.86. The van der Waals surface area contributed by atoms with Crippen LogP contribution in [0, 0.1) is 5.82 Å². The number of alkyl halides is 2. The second-order valence-electron chi connectivity index (χ2n) is 12.4. The Bertz CT molecular complexity index is 1700. The molecule has 1 aliphatic rings. The Morgan fingerprint density at radius 3 is 2.77 bits per heavy atom. The van der Waals surface area contributed by atoms with Crippen LogP contribution in [0.3, 0.4) is 0 Å². The molecule has 15 heteroatoms. The van der Waals surface area contributed by atoms with E-state index in [2.05, 4.69) is 32.2 Å². The van der Waals surface area contributed by atoms with Crippen LogP contribution >= 0.6 is 0 Å². The number of aromatic nitrogens is 5. The van der Waals surface area contributed by atoms with Crippen molar-refractivity contribution in [1.29, 1.82) is 0 Å². The molecule has 1 fully saturated rings. The Labute approximate surface area is 277 Å². The maximum Gasteiger partial charge on any atom is 0.259 e. The number of nitrogen functional groups attached to an aromatic ring is 1. The van der Waals surface area contributed by atoms with Crippen molar-refractivity contribution in [2.45, 2.75) is 83.0 Å². The van der Waals surface area contributed by atoms with E-state index >= 15 is 0 Å². The summed E-state index contributed by atoms with van der Waals surface area (Å²) in [7, 11) is 0. The van der Waals surface area contributed by atoms with Crippen LogP contribution in [0.1, 0.15) is 63.9 Å². The van der Waals surface area contributed by atoms with Gasteiger partial charge in [-0.3, -0.25) is 9.78 Å². The van der Waals surface area contributed by atoms with E-state index in [1.54, 1.807) is 23.2 Å². The largest absolute Gasteiger partial charge is 0.481 e. The van der Waals surface area contributed by atoms with Crippen molar-refractivity contribution in [3.05, 3.63) is 54.5 Å². The van der Waals surface area contributed by atoms with Crippen LogP contribution in [0.5, 0.6) is 5.75 Å². The normalized spacial score (nSPS) is 17.2. The average molecular weight is 669 g/mol. The van der Waals surface area contributed by atoms with E-state index in [-0.39, 0.29) is 24.7 Å². The Morgan fingerprint density at radius 1 is 1.15 bits per heavy atom. The number of amides is 1. The summed E-state index contributed by atoms with van der Waals surface area (Å²) in [5.74, 6) is -0.961. The summed E-state index contributed by atoms with van der Waals surface area (Å²) in [6, 6.07) is 6.13. The number of pyridine rings is 1. The molecule has 1 aliphatic heterocycles. The number of hydrogen-bond donors (Lipinski definition) is 4. The van der Waals surface area contributed by atoms with E-state index < -0.39 is 42.9 Å². The molecule has 2 atom stereocenters. The van der Waals surface area contributed by atoms with Crippen molar-refractivity contribution in [3.63, 3.8) is 0 Å². The predicted molar refractivity (Wildman–Crippen MR) is 178 cm³/mol. The molecule has 7 N–H and O–H groups in total. The minimum atomic E-state index is -2.52. The van der Waals surface area contributed by atoms with Crippen LogP contribution in [0.2, 0.25) is 0 Å². The Morgan fingerprint density at radius 2 is 1.98 bits per heavy atom. The minimum Gasteiger partial charge on any atom is -0.481 e. The lowest BCUT2D eigenvalue weighted by molar-refractivity contribution is -0.123. The Hall–Kier alpha value is -4.50. The van der Waals surface area contributed by atoms with E-state index in [1.807, 2.05) is 11.0 Å². The molecule has 0 aliphatic carbocycles. The van der Waals surface area contributed by atoms with Crippen molar-refractivity contribution in [2.75, 3.05) is 30.3 Å². The second-order valence-corrected chi connectivity index (χ2v) is 12.4. The van der Waals surface area contributed by atoms with Crippen LogP contribution in [0.25, 0.3) is 22.4 Å². The summed E-state index contributed by atoms with van der Waals surface area (Å²) in [6.07, 6.45) is 7.10. The van der Waals surface area contributed by atoms with Crippen LogP contribution in [0.15, 0.2) is 43.1 Å². The summed E-state index contributed by atoms with van der Waals surface area (Å²) in [5.41, 5.74) is 20.9. The maximum absolute atomic E-state index is 14.8. The Kier molecular flexibility index (Phi) is 11.3. The molecule has 0 bridgehead atoms. The highest BCUT2D eigenvalue weighted by Crippen LogP contribution is 2.34. The number of rotatable bonds is 15. The molecular formula is C33H43F3N10O2. The van der Waals surface area contributed by atoms with Crippen molar-refractivity contribution in [3.8, 4) is 17.0 Å². The number of ether oxygens (including phenoxy) is 1. The fourth-order valence-electron chi connectivity index (χ4n) is 6.13. The highest BCUT2D eigenvalue weighted by atomic mass is 19.3. The van der Waals surface area contributed by atoms with Gasteiger partial charge in [0.15, 0.2) is 29.6 Å². The lowest BCUT2D eigenvalue weighted by Gasteiger charge is -2.42.